The van der Waals surface area contributed by atoms with Crippen molar-refractivity contribution < 1.29 is 23.5 Å². The van der Waals surface area contributed by atoms with E-state index in [-0.39, 0.29) is 35.6 Å². The van der Waals surface area contributed by atoms with E-state index in [4.69, 9.17) is 14.6 Å². The number of hydrogen-bond acceptors (Lipinski definition) is 6. The normalized spacial score (nSPS) is 14.7. The first kappa shape index (κ1) is 27.5. The van der Waals surface area contributed by atoms with Crippen molar-refractivity contribution in [3.63, 3.8) is 0 Å². The van der Waals surface area contributed by atoms with Crippen LogP contribution in [0, 0.1) is 17.1 Å². The second-order valence-corrected chi connectivity index (χ2v) is 8.98. The molecular weight excluding hydrogens is 499 g/mol. The van der Waals surface area contributed by atoms with Crippen molar-refractivity contribution in [3.05, 3.63) is 82.8 Å². The van der Waals surface area contributed by atoms with Gasteiger partial charge in [-0.1, -0.05) is 31.5 Å². The van der Waals surface area contributed by atoms with Crippen molar-refractivity contribution >= 4 is 17.9 Å². The van der Waals surface area contributed by atoms with Crippen LogP contribution >= 0.6 is 0 Å². The Morgan fingerprint density at radius 2 is 1.87 bits per heavy atom. The average Bonchev–Trinajstić information content (AvgIpc) is 3.37. The van der Waals surface area contributed by atoms with E-state index in [1.165, 1.54) is 13.2 Å². The van der Waals surface area contributed by atoms with Gasteiger partial charge in [0.05, 0.1) is 25.4 Å². The van der Waals surface area contributed by atoms with Gasteiger partial charge in [-0.25, -0.2) is 9.07 Å². The number of nitriles is 1. The molecule has 0 aliphatic carbocycles. The molecular formula is C30H29FN4O4. The number of para-hydroxylation sites is 1. The highest BCUT2D eigenvalue weighted by atomic mass is 19.1. The molecule has 1 aliphatic heterocycles. The first-order valence-corrected chi connectivity index (χ1v) is 12.7. The van der Waals surface area contributed by atoms with E-state index in [1.807, 2.05) is 43.3 Å². The fraction of sp³-hybridized carbons (Fsp3) is 0.267. The van der Waals surface area contributed by atoms with Crippen molar-refractivity contribution in [1.29, 1.82) is 5.26 Å². The number of imide groups is 1. The molecule has 8 nitrogen and oxygen atoms in total. The second-order valence-electron chi connectivity index (χ2n) is 8.98. The fourth-order valence-electron chi connectivity index (χ4n) is 4.19. The molecule has 1 aliphatic rings. The van der Waals surface area contributed by atoms with Crippen LogP contribution in [0.4, 0.5) is 4.39 Å². The molecule has 200 valence electrons. The monoisotopic (exact) mass is 528 g/mol. The van der Waals surface area contributed by atoms with Crippen LogP contribution in [0.15, 0.2) is 71.4 Å². The largest absolute Gasteiger partial charge is 0.491 e. The van der Waals surface area contributed by atoms with E-state index in [9.17, 15) is 19.2 Å². The van der Waals surface area contributed by atoms with Crippen LogP contribution in [-0.4, -0.2) is 53.4 Å². The molecule has 3 aromatic rings. The summed E-state index contributed by atoms with van der Waals surface area (Å²) in [4.78, 5) is 27.2. The Hall–Kier alpha value is -4.55. The number of nitrogens with zero attached hydrogens (tertiary/aromatic N) is 4. The summed E-state index contributed by atoms with van der Waals surface area (Å²) < 4.78 is 27.2. The molecule has 4 rings (SSSR count). The molecule has 0 N–H and O–H groups in total. The Morgan fingerprint density at radius 3 is 2.54 bits per heavy atom. The van der Waals surface area contributed by atoms with Crippen LogP contribution in [0.25, 0.3) is 23.0 Å². The van der Waals surface area contributed by atoms with Crippen LogP contribution < -0.4 is 4.74 Å². The molecule has 0 fully saturated rings. The zero-order valence-electron chi connectivity index (χ0n) is 22.1. The number of methoxy groups -OCH3 is 1. The molecule has 0 saturated heterocycles. The maximum absolute atomic E-state index is 15.0. The van der Waals surface area contributed by atoms with Gasteiger partial charge in [-0.2, -0.15) is 10.4 Å². The lowest BCUT2D eigenvalue weighted by atomic mass is 9.93. The Labute approximate surface area is 226 Å². The number of unbranched alkanes of at least 4 members (excludes halogenated alkanes) is 1. The van der Waals surface area contributed by atoms with E-state index in [0.717, 1.165) is 23.4 Å². The van der Waals surface area contributed by atoms with Crippen molar-refractivity contribution in [2.24, 2.45) is 0 Å². The fourth-order valence-corrected chi connectivity index (χ4v) is 4.19. The predicted octanol–water partition coefficient (Wildman–Crippen LogP) is 5.10. The number of carbonyl (C=O) groups is 2. The average molecular weight is 529 g/mol. The number of hydrogen-bond donors (Lipinski definition) is 0. The third-order valence-corrected chi connectivity index (χ3v) is 6.37. The number of carbonyl (C=O) groups excluding carboxylic acids is 2. The maximum Gasteiger partial charge on any atom is 0.271 e. The number of benzene rings is 2. The summed E-state index contributed by atoms with van der Waals surface area (Å²) in [7, 11) is 1.46. The molecule has 2 heterocycles. The minimum atomic E-state index is -0.657. The van der Waals surface area contributed by atoms with Crippen molar-refractivity contribution in [3.8, 4) is 28.8 Å². The SMILES string of the molecule is CCCCOc1ccc(-c2nn(-c3ccccc3)cc2/C=C2/C(=O)N(CCOC)C(=O)C(C#N)=C2C)cc1F. The van der Waals surface area contributed by atoms with Crippen LogP contribution in [-0.2, 0) is 14.3 Å². The van der Waals surface area contributed by atoms with Gasteiger partial charge in [0.15, 0.2) is 11.6 Å². The number of rotatable bonds is 10. The van der Waals surface area contributed by atoms with Crippen molar-refractivity contribution in [2.45, 2.75) is 26.7 Å². The summed E-state index contributed by atoms with van der Waals surface area (Å²) in [5.41, 5.74) is 2.51. The summed E-state index contributed by atoms with van der Waals surface area (Å²) in [5.74, 6) is -1.57. The number of amides is 2. The standard InChI is InChI=1S/C30H29FN4O4/c1-4-5-14-39-27-12-11-21(17-26(27)31)28-22(19-35(33-28)23-9-7-6-8-10-23)16-24-20(2)25(18-32)30(37)34(29(24)36)13-15-38-3/h6-12,16-17,19H,4-5,13-15H2,1-3H3/b24-16+. The minimum absolute atomic E-state index is 0.00477. The molecule has 0 bridgehead atoms. The second kappa shape index (κ2) is 12.3. The molecule has 0 saturated carbocycles. The van der Waals surface area contributed by atoms with Gasteiger partial charge < -0.3 is 9.47 Å². The highest BCUT2D eigenvalue weighted by Crippen LogP contribution is 2.32. The van der Waals surface area contributed by atoms with Gasteiger partial charge in [-0.15, -0.1) is 0 Å². The molecule has 0 spiro atoms. The summed E-state index contributed by atoms with van der Waals surface area (Å²) in [6, 6.07) is 15.9. The van der Waals surface area contributed by atoms with Crippen LogP contribution in [0.3, 0.4) is 0 Å². The quantitative estimate of drug-likeness (QED) is 0.206. The Kier molecular flexibility index (Phi) is 8.69. The van der Waals surface area contributed by atoms with E-state index in [0.29, 0.717) is 23.4 Å². The van der Waals surface area contributed by atoms with Crippen molar-refractivity contribution in [1.82, 2.24) is 14.7 Å². The number of halogens is 1. The maximum atomic E-state index is 15.0. The van der Waals surface area contributed by atoms with E-state index in [2.05, 4.69) is 0 Å². The molecule has 0 radical (unpaired) electrons. The number of ether oxygens (including phenoxy) is 2. The Balaban J connectivity index is 1.84. The topological polar surface area (TPSA) is 97.4 Å². The van der Waals surface area contributed by atoms with Crippen LogP contribution in [0.2, 0.25) is 0 Å². The Morgan fingerprint density at radius 1 is 1.10 bits per heavy atom. The molecule has 0 atom stereocenters. The first-order chi connectivity index (χ1) is 18.9. The van der Waals surface area contributed by atoms with Crippen LogP contribution in [0.1, 0.15) is 32.3 Å². The van der Waals surface area contributed by atoms with Gasteiger partial charge in [0.1, 0.15) is 17.3 Å². The van der Waals surface area contributed by atoms with Gasteiger partial charge in [-0.05, 0) is 55.3 Å². The first-order valence-electron chi connectivity index (χ1n) is 12.7. The molecule has 9 heteroatoms. The van der Waals surface area contributed by atoms with E-state index < -0.39 is 17.6 Å². The molecule has 2 aromatic carbocycles. The highest BCUT2D eigenvalue weighted by Gasteiger charge is 2.35. The highest BCUT2D eigenvalue weighted by molar-refractivity contribution is 6.19. The van der Waals surface area contributed by atoms with Gasteiger partial charge in [-0.3, -0.25) is 14.5 Å². The molecule has 39 heavy (non-hydrogen) atoms. The van der Waals surface area contributed by atoms with Gasteiger partial charge >= 0.3 is 0 Å². The molecule has 2 amide bonds. The third kappa shape index (κ3) is 5.81. The number of aromatic nitrogens is 2. The molecule has 0 unspecified atom stereocenters. The third-order valence-electron chi connectivity index (χ3n) is 6.37. The van der Waals surface area contributed by atoms with Gasteiger partial charge in [0, 0.05) is 30.0 Å². The smallest absolute Gasteiger partial charge is 0.271 e. The van der Waals surface area contributed by atoms with E-state index in [1.54, 1.807) is 36.0 Å². The van der Waals surface area contributed by atoms with Crippen LogP contribution in [0.5, 0.6) is 5.75 Å². The van der Waals surface area contributed by atoms with Gasteiger partial charge in [0.2, 0.25) is 0 Å². The van der Waals surface area contributed by atoms with Gasteiger partial charge in [0.25, 0.3) is 11.8 Å². The summed E-state index contributed by atoms with van der Waals surface area (Å²) in [5, 5.41) is 14.4. The lowest BCUT2D eigenvalue weighted by molar-refractivity contribution is -0.141. The predicted molar refractivity (Wildman–Crippen MR) is 144 cm³/mol. The lowest BCUT2D eigenvalue weighted by Gasteiger charge is -2.27. The zero-order chi connectivity index (χ0) is 27.9. The zero-order valence-corrected chi connectivity index (χ0v) is 22.1. The minimum Gasteiger partial charge on any atom is -0.491 e. The summed E-state index contributed by atoms with van der Waals surface area (Å²) in [6.45, 7) is 4.15. The lowest BCUT2D eigenvalue weighted by Crippen LogP contribution is -2.44. The van der Waals surface area contributed by atoms with E-state index >= 15 is 0 Å². The Bertz CT molecular complexity index is 1480. The summed E-state index contributed by atoms with van der Waals surface area (Å²) in [6.07, 6.45) is 5.06. The van der Waals surface area contributed by atoms with Crippen molar-refractivity contribution in [2.75, 3.05) is 26.9 Å². The summed E-state index contributed by atoms with van der Waals surface area (Å²) >= 11 is 0. The molecule has 1 aromatic heterocycles.